The maximum Gasteiger partial charge on any atom is 0.269 e. The molecule has 2 heterocycles. The van der Waals surface area contributed by atoms with Gasteiger partial charge in [-0.1, -0.05) is 25.5 Å². The van der Waals surface area contributed by atoms with E-state index in [-0.39, 0.29) is 11.5 Å². The summed E-state index contributed by atoms with van der Waals surface area (Å²) in [7, 11) is 4.67. The van der Waals surface area contributed by atoms with Gasteiger partial charge in [-0.25, -0.2) is 0 Å². The van der Waals surface area contributed by atoms with Crippen LogP contribution in [0.15, 0.2) is 35.1 Å². The maximum absolute atomic E-state index is 13.8. The molecule has 38 heavy (non-hydrogen) atoms. The van der Waals surface area contributed by atoms with Gasteiger partial charge in [0.1, 0.15) is 4.66 Å². The van der Waals surface area contributed by atoms with Gasteiger partial charge in [-0.3, -0.25) is 14.2 Å². The van der Waals surface area contributed by atoms with Crippen molar-refractivity contribution in [2.75, 3.05) is 46.3 Å². The molecule has 1 N–H and O–H groups in total. The van der Waals surface area contributed by atoms with Crippen molar-refractivity contribution in [3.8, 4) is 17.2 Å². The van der Waals surface area contributed by atoms with Crippen molar-refractivity contribution in [1.82, 2.24) is 9.47 Å². The molecule has 2 aromatic carbocycles. The molecule has 1 amide bonds. The number of fused-ring (bicyclic) bond motifs is 1. The Morgan fingerprint density at radius 2 is 1.68 bits per heavy atom. The molecule has 0 spiro atoms. The van der Waals surface area contributed by atoms with Gasteiger partial charge in [0.15, 0.2) is 11.5 Å². The predicted octanol–water partition coefficient (Wildman–Crippen LogP) is 2.96. The van der Waals surface area contributed by atoms with Crippen LogP contribution in [0.1, 0.15) is 37.0 Å². The van der Waals surface area contributed by atoms with Crippen LogP contribution in [-0.4, -0.2) is 56.3 Å². The zero-order valence-electron chi connectivity index (χ0n) is 22.8. The van der Waals surface area contributed by atoms with Crippen LogP contribution in [0.4, 0.5) is 5.69 Å². The normalized spacial score (nSPS) is 14.6. The number of carbonyl (C=O) groups is 1. The molecule has 0 bridgehead atoms. The molecule has 0 saturated carbocycles. The number of thiazole rings is 1. The monoisotopic (exact) mass is 537 g/mol. The zero-order chi connectivity index (χ0) is 27.4. The molecule has 0 radical (unpaired) electrons. The number of aromatic nitrogens is 1. The molecule has 0 fully saturated rings. The molecule has 9 heteroatoms. The van der Waals surface area contributed by atoms with Crippen molar-refractivity contribution in [1.29, 1.82) is 0 Å². The third-order valence-corrected chi connectivity index (χ3v) is 7.91. The first-order chi connectivity index (χ1) is 18.3. The second-order valence-corrected chi connectivity index (χ2v) is 10.1. The van der Waals surface area contributed by atoms with E-state index in [0.29, 0.717) is 38.6 Å². The van der Waals surface area contributed by atoms with E-state index >= 15 is 0 Å². The Labute approximate surface area is 226 Å². The van der Waals surface area contributed by atoms with Crippen molar-refractivity contribution in [3.63, 3.8) is 0 Å². The van der Waals surface area contributed by atoms with E-state index in [2.05, 4.69) is 24.1 Å². The smallest absolute Gasteiger partial charge is 0.269 e. The first-order valence-electron chi connectivity index (χ1n) is 12.8. The standard InChI is InChI=1S/C29H35N3O5S/c1-7-31(8-2)12-9-13-32-28(34)24(17-19-15-22(35-4)26(37-6)23(16-19)36-5)38-29(32)25-20-14-18(3)10-11-21(20)30-27(25)33/h10-11,14-17H,7-9,12-13H2,1-6H3,(H,30,33)/b24-17+,29-25+. The third kappa shape index (κ3) is 5.35. The fourth-order valence-corrected chi connectivity index (χ4v) is 5.92. The lowest BCUT2D eigenvalue weighted by atomic mass is 10.1. The molecule has 0 atom stereocenters. The third-order valence-electron chi connectivity index (χ3n) is 6.78. The summed E-state index contributed by atoms with van der Waals surface area (Å²) in [5.41, 5.74) is 3.79. The molecule has 1 aliphatic heterocycles. The molecule has 202 valence electrons. The highest BCUT2D eigenvalue weighted by Crippen LogP contribution is 2.38. The van der Waals surface area contributed by atoms with Gasteiger partial charge in [0.05, 0.1) is 31.4 Å². The molecule has 0 saturated heterocycles. The average molecular weight is 538 g/mol. The summed E-state index contributed by atoms with van der Waals surface area (Å²) in [6, 6.07) is 9.49. The number of nitrogens with zero attached hydrogens (tertiary/aromatic N) is 2. The number of ether oxygens (including phenoxy) is 3. The van der Waals surface area contributed by atoms with E-state index < -0.39 is 0 Å². The number of aryl methyl sites for hydroxylation is 1. The van der Waals surface area contributed by atoms with Crippen LogP contribution in [0.25, 0.3) is 11.6 Å². The summed E-state index contributed by atoms with van der Waals surface area (Å²) in [5.74, 6) is 1.30. The Morgan fingerprint density at radius 3 is 2.29 bits per heavy atom. The van der Waals surface area contributed by atoms with Crippen LogP contribution in [-0.2, 0) is 11.3 Å². The van der Waals surface area contributed by atoms with Crippen LogP contribution in [0.3, 0.4) is 0 Å². The number of carbonyl (C=O) groups excluding carboxylic acids is 1. The Hall–Kier alpha value is -3.56. The van der Waals surface area contributed by atoms with E-state index in [1.807, 2.05) is 31.2 Å². The van der Waals surface area contributed by atoms with Crippen LogP contribution in [0.5, 0.6) is 17.2 Å². The number of hydrogen-bond acceptors (Lipinski definition) is 7. The number of anilines is 1. The number of methoxy groups -OCH3 is 3. The van der Waals surface area contributed by atoms with Gasteiger partial charge in [-0.15, -0.1) is 11.3 Å². The minimum Gasteiger partial charge on any atom is -0.493 e. The Bertz CT molecular complexity index is 1490. The predicted molar refractivity (Wildman–Crippen MR) is 152 cm³/mol. The maximum atomic E-state index is 13.8. The van der Waals surface area contributed by atoms with E-state index in [9.17, 15) is 9.59 Å². The zero-order valence-corrected chi connectivity index (χ0v) is 23.7. The van der Waals surface area contributed by atoms with Crippen LogP contribution < -0.4 is 34.3 Å². The highest BCUT2D eigenvalue weighted by atomic mass is 32.1. The molecule has 1 aromatic heterocycles. The fraction of sp³-hybridized carbons (Fsp3) is 0.379. The first-order valence-corrected chi connectivity index (χ1v) is 13.6. The lowest BCUT2D eigenvalue weighted by molar-refractivity contribution is -0.110. The quantitative estimate of drug-likeness (QED) is 0.428. The highest BCUT2D eigenvalue weighted by molar-refractivity contribution is 7.07. The summed E-state index contributed by atoms with van der Waals surface area (Å²) in [4.78, 5) is 29.3. The average Bonchev–Trinajstić information content (AvgIpc) is 3.40. The Morgan fingerprint density at radius 1 is 1.00 bits per heavy atom. The van der Waals surface area contributed by atoms with Crippen molar-refractivity contribution in [3.05, 3.63) is 66.6 Å². The Balaban J connectivity index is 1.93. The summed E-state index contributed by atoms with van der Waals surface area (Å²) in [6.45, 7) is 9.56. The topological polar surface area (TPSA) is 82.0 Å². The lowest BCUT2D eigenvalue weighted by Gasteiger charge is -2.17. The summed E-state index contributed by atoms with van der Waals surface area (Å²) in [6.07, 6.45) is 2.61. The van der Waals surface area contributed by atoms with E-state index in [1.54, 1.807) is 38.0 Å². The van der Waals surface area contributed by atoms with E-state index in [0.717, 1.165) is 48.4 Å². The van der Waals surface area contributed by atoms with Crippen molar-refractivity contribution < 1.29 is 19.0 Å². The summed E-state index contributed by atoms with van der Waals surface area (Å²) in [5, 5.41) is 2.96. The largest absolute Gasteiger partial charge is 0.493 e. The van der Waals surface area contributed by atoms with Crippen LogP contribution >= 0.6 is 11.3 Å². The number of nitrogens with one attached hydrogen (secondary N) is 1. The van der Waals surface area contributed by atoms with Crippen molar-refractivity contribution in [2.24, 2.45) is 0 Å². The van der Waals surface area contributed by atoms with E-state index in [1.165, 1.54) is 11.3 Å². The van der Waals surface area contributed by atoms with Gasteiger partial charge in [0.25, 0.3) is 11.5 Å². The summed E-state index contributed by atoms with van der Waals surface area (Å²) < 4.78 is 19.4. The molecule has 0 aliphatic carbocycles. The SMILES string of the molecule is CCN(CC)CCCn1c(=O)/c(=C\c2cc(OC)c(OC)c(OC)c2)s/c1=C1/C(=O)Nc2ccc(C)cc21. The minimum absolute atomic E-state index is 0.125. The highest BCUT2D eigenvalue weighted by Gasteiger charge is 2.27. The van der Waals surface area contributed by atoms with E-state index in [4.69, 9.17) is 14.2 Å². The molecule has 4 rings (SSSR count). The summed E-state index contributed by atoms with van der Waals surface area (Å²) >= 11 is 1.33. The first kappa shape index (κ1) is 27.5. The van der Waals surface area contributed by atoms with Crippen LogP contribution in [0.2, 0.25) is 0 Å². The Kier molecular flexibility index (Phi) is 8.58. The second kappa shape index (κ2) is 11.9. The molecule has 3 aromatic rings. The number of rotatable bonds is 10. The van der Waals surface area contributed by atoms with Gasteiger partial charge in [-0.2, -0.15) is 0 Å². The molecule has 8 nitrogen and oxygen atoms in total. The van der Waals surface area contributed by atoms with Crippen LogP contribution in [0, 0.1) is 6.92 Å². The fourth-order valence-electron chi connectivity index (χ4n) is 4.73. The minimum atomic E-state index is -0.191. The van der Waals surface area contributed by atoms with Gasteiger partial charge >= 0.3 is 0 Å². The second-order valence-electron chi connectivity index (χ2n) is 9.09. The number of benzene rings is 2. The van der Waals surface area contributed by atoms with Gasteiger partial charge < -0.3 is 24.4 Å². The van der Waals surface area contributed by atoms with Crippen molar-refractivity contribution >= 4 is 34.6 Å². The van der Waals surface area contributed by atoms with Gasteiger partial charge in [0.2, 0.25) is 5.75 Å². The number of amides is 1. The van der Waals surface area contributed by atoms with Gasteiger partial charge in [0, 0.05) is 17.8 Å². The molecular weight excluding hydrogens is 502 g/mol. The molecule has 0 unspecified atom stereocenters. The molecular formula is C29H35N3O5S. The molecule has 1 aliphatic rings. The van der Waals surface area contributed by atoms with Crippen molar-refractivity contribution in [2.45, 2.75) is 33.7 Å². The van der Waals surface area contributed by atoms with Gasteiger partial charge in [-0.05, 0) is 68.9 Å². The lowest BCUT2D eigenvalue weighted by Crippen LogP contribution is -2.34. The number of hydrogen-bond donors (Lipinski definition) is 1.